The SMILES string of the molecule is Cc1cc(C(Br)Cc2ccc(Cl)c(Cl)c2)c(Cl)cc1F. The molecule has 2 rings (SSSR count). The van der Waals surface area contributed by atoms with Gasteiger partial charge in [-0.2, -0.15) is 0 Å². The van der Waals surface area contributed by atoms with Crippen molar-refractivity contribution in [2.24, 2.45) is 0 Å². The summed E-state index contributed by atoms with van der Waals surface area (Å²) in [6.07, 6.45) is 0.682. The fourth-order valence-corrected chi connectivity index (χ4v) is 3.39. The number of rotatable bonds is 3. The predicted molar refractivity (Wildman–Crippen MR) is 88.0 cm³/mol. The van der Waals surface area contributed by atoms with Gasteiger partial charge in [0.25, 0.3) is 0 Å². The highest BCUT2D eigenvalue weighted by Crippen LogP contribution is 2.35. The Morgan fingerprint density at radius 1 is 1.05 bits per heavy atom. The van der Waals surface area contributed by atoms with E-state index in [4.69, 9.17) is 34.8 Å². The van der Waals surface area contributed by atoms with Gasteiger partial charge < -0.3 is 0 Å². The molecule has 0 aliphatic rings. The second-order valence-electron chi connectivity index (χ2n) is 4.54. The van der Waals surface area contributed by atoms with E-state index in [-0.39, 0.29) is 10.6 Å². The summed E-state index contributed by atoms with van der Waals surface area (Å²) in [5.74, 6) is -0.298. The van der Waals surface area contributed by atoms with E-state index >= 15 is 0 Å². The van der Waals surface area contributed by atoms with E-state index in [1.165, 1.54) is 6.07 Å². The van der Waals surface area contributed by atoms with Crippen LogP contribution in [0.25, 0.3) is 0 Å². The molecule has 0 aromatic heterocycles. The summed E-state index contributed by atoms with van der Waals surface area (Å²) in [6, 6.07) is 8.59. The average Bonchev–Trinajstić information content (AvgIpc) is 2.38. The fraction of sp³-hybridized carbons (Fsp3) is 0.200. The van der Waals surface area contributed by atoms with Gasteiger partial charge in [0.1, 0.15) is 5.82 Å². The van der Waals surface area contributed by atoms with Crippen molar-refractivity contribution in [1.29, 1.82) is 0 Å². The van der Waals surface area contributed by atoms with Gasteiger partial charge in [0.05, 0.1) is 10.0 Å². The maximum atomic E-state index is 13.4. The third-order valence-corrected chi connectivity index (χ3v) is 4.90. The van der Waals surface area contributed by atoms with Gasteiger partial charge >= 0.3 is 0 Å². The Balaban J connectivity index is 2.25. The lowest BCUT2D eigenvalue weighted by atomic mass is 10.0. The molecule has 0 fully saturated rings. The van der Waals surface area contributed by atoms with E-state index in [0.717, 1.165) is 11.1 Å². The molecule has 2 aromatic rings. The topological polar surface area (TPSA) is 0 Å². The third kappa shape index (κ3) is 3.67. The van der Waals surface area contributed by atoms with Crippen LogP contribution in [-0.2, 0) is 6.42 Å². The lowest BCUT2D eigenvalue weighted by Crippen LogP contribution is -1.98. The first-order valence-electron chi connectivity index (χ1n) is 5.92. The molecule has 0 spiro atoms. The molecule has 20 heavy (non-hydrogen) atoms. The Morgan fingerprint density at radius 2 is 1.75 bits per heavy atom. The van der Waals surface area contributed by atoms with E-state index in [2.05, 4.69) is 15.9 Å². The van der Waals surface area contributed by atoms with Crippen molar-refractivity contribution in [3.05, 3.63) is 67.9 Å². The lowest BCUT2D eigenvalue weighted by molar-refractivity contribution is 0.617. The van der Waals surface area contributed by atoms with Crippen molar-refractivity contribution >= 4 is 50.7 Å². The molecule has 2 aromatic carbocycles. The third-order valence-electron chi connectivity index (χ3n) is 3.01. The first kappa shape index (κ1) is 16.1. The van der Waals surface area contributed by atoms with Crippen molar-refractivity contribution < 1.29 is 4.39 Å². The van der Waals surface area contributed by atoms with Crippen LogP contribution in [0.5, 0.6) is 0 Å². The van der Waals surface area contributed by atoms with Gasteiger partial charge in [-0.25, -0.2) is 4.39 Å². The first-order chi connectivity index (χ1) is 9.38. The van der Waals surface area contributed by atoms with Gasteiger partial charge in [-0.3, -0.25) is 0 Å². The van der Waals surface area contributed by atoms with Crippen molar-refractivity contribution in [3.8, 4) is 0 Å². The molecule has 1 atom stereocenters. The van der Waals surface area contributed by atoms with Gasteiger partial charge in [0, 0.05) is 9.85 Å². The molecule has 0 aliphatic heterocycles. The molecule has 0 bridgehead atoms. The van der Waals surface area contributed by atoms with Crippen LogP contribution in [0.15, 0.2) is 30.3 Å². The van der Waals surface area contributed by atoms with E-state index in [0.29, 0.717) is 27.1 Å². The minimum absolute atomic E-state index is 0.0217. The summed E-state index contributed by atoms with van der Waals surface area (Å²) in [5.41, 5.74) is 2.46. The number of halogens is 5. The minimum atomic E-state index is -0.298. The van der Waals surface area contributed by atoms with Crippen LogP contribution in [-0.4, -0.2) is 0 Å². The largest absolute Gasteiger partial charge is 0.207 e. The van der Waals surface area contributed by atoms with Gasteiger partial charge in [0.2, 0.25) is 0 Å². The normalized spacial score (nSPS) is 12.5. The van der Waals surface area contributed by atoms with Gasteiger partial charge in [-0.15, -0.1) is 0 Å². The molecular weight excluding hydrogens is 385 g/mol. The first-order valence-corrected chi connectivity index (χ1v) is 7.97. The van der Waals surface area contributed by atoms with Crippen LogP contribution in [0.1, 0.15) is 21.5 Å². The number of alkyl halides is 1. The standard InChI is InChI=1S/C15H11BrCl3F/c1-8-4-10(13(18)7-15(8)20)11(16)5-9-2-3-12(17)14(19)6-9/h2-4,6-7,11H,5H2,1H3. The molecule has 1 unspecified atom stereocenters. The van der Waals surface area contributed by atoms with Crippen LogP contribution < -0.4 is 0 Å². The maximum absolute atomic E-state index is 13.4. The van der Waals surface area contributed by atoms with E-state index in [9.17, 15) is 4.39 Å². The summed E-state index contributed by atoms with van der Waals surface area (Å²) in [4.78, 5) is -0.0217. The zero-order chi connectivity index (χ0) is 14.9. The van der Waals surface area contributed by atoms with Crippen LogP contribution >= 0.6 is 50.7 Å². The molecule has 0 saturated carbocycles. The zero-order valence-corrected chi connectivity index (χ0v) is 14.4. The van der Waals surface area contributed by atoms with Crippen molar-refractivity contribution in [2.75, 3.05) is 0 Å². The van der Waals surface area contributed by atoms with Crippen LogP contribution in [0.3, 0.4) is 0 Å². The summed E-state index contributed by atoms with van der Waals surface area (Å²) in [6.45, 7) is 1.72. The zero-order valence-electron chi connectivity index (χ0n) is 10.6. The molecule has 0 heterocycles. The lowest BCUT2D eigenvalue weighted by Gasteiger charge is -2.14. The molecule has 106 valence electrons. The van der Waals surface area contributed by atoms with E-state index in [1.54, 1.807) is 19.1 Å². The van der Waals surface area contributed by atoms with Gasteiger partial charge in [-0.05, 0) is 48.2 Å². The Labute approximate surface area is 141 Å². The monoisotopic (exact) mass is 394 g/mol. The van der Waals surface area contributed by atoms with Crippen LogP contribution in [0, 0.1) is 12.7 Å². The van der Waals surface area contributed by atoms with Crippen LogP contribution in [0.2, 0.25) is 15.1 Å². The Bertz CT molecular complexity index is 643. The van der Waals surface area contributed by atoms with E-state index in [1.807, 2.05) is 12.1 Å². The smallest absolute Gasteiger partial charge is 0.127 e. The summed E-state index contributed by atoms with van der Waals surface area (Å²) >= 11 is 21.6. The average molecular weight is 397 g/mol. The Kier molecular flexibility index (Phi) is 5.36. The van der Waals surface area contributed by atoms with Crippen LogP contribution in [0.4, 0.5) is 4.39 Å². The molecule has 0 radical (unpaired) electrons. The molecule has 0 N–H and O–H groups in total. The Hall–Kier alpha value is -0.280. The summed E-state index contributed by atoms with van der Waals surface area (Å²) in [7, 11) is 0. The highest BCUT2D eigenvalue weighted by Gasteiger charge is 2.15. The van der Waals surface area contributed by atoms with Crippen molar-refractivity contribution in [1.82, 2.24) is 0 Å². The number of hydrogen-bond donors (Lipinski definition) is 0. The minimum Gasteiger partial charge on any atom is -0.207 e. The molecular formula is C15H11BrCl3F. The predicted octanol–water partition coefficient (Wildman–Crippen LogP) is 6.77. The molecule has 5 heteroatoms. The number of hydrogen-bond acceptors (Lipinski definition) is 0. The van der Waals surface area contributed by atoms with E-state index < -0.39 is 0 Å². The summed E-state index contributed by atoms with van der Waals surface area (Å²) in [5, 5.41) is 1.46. The van der Waals surface area contributed by atoms with Crippen molar-refractivity contribution in [3.63, 3.8) is 0 Å². The highest BCUT2D eigenvalue weighted by atomic mass is 79.9. The number of benzene rings is 2. The van der Waals surface area contributed by atoms with Gasteiger partial charge in [0.15, 0.2) is 0 Å². The molecule has 0 aliphatic carbocycles. The highest BCUT2D eigenvalue weighted by molar-refractivity contribution is 9.09. The van der Waals surface area contributed by atoms with Gasteiger partial charge in [-0.1, -0.05) is 62.9 Å². The maximum Gasteiger partial charge on any atom is 0.127 e. The molecule has 0 amide bonds. The quantitative estimate of drug-likeness (QED) is 0.502. The fourth-order valence-electron chi connectivity index (χ4n) is 1.90. The molecule has 0 nitrogen and oxygen atoms in total. The number of aryl methyl sites for hydroxylation is 1. The Morgan fingerprint density at radius 3 is 2.40 bits per heavy atom. The second kappa shape index (κ2) is 6.65. The summed E-state index contributed by atoms with van der Waals surface area (Å²) < 4.78 is 13.4. The second-order valence-corrected chi connectivity index (χ2v) is 6.87. The molecule has 0 saturated heterocycles. The van der Waals surface area contributed by atoms with Crippen molar-refractivity contribution in [2.45, 2.75) is 18.2 Å².